The summed E-state index contributed by atoms with van der Waals surface area (Å²) in [5, 5.41) is 2.72. The minimum atomic E-state index is -0.357. The average molecular weight is 417 g/mol. The number of amides is 2. The Morgan fingerprint density at radius 2 is 2.07 bits per heavy atom. The number of carbonyl (C=O) groups excluding carboxylic acids is 2. The molecule has 8 nitrogen and oxygen atoms in total. The lowest BCUT2D eigenvalue weighted by atomic mass is 10.1. The number of nitrogen functional groups attached to an aromatic ring is 1. The van der Waals surface area contributed by atoms with Crippen molar-refractivity contribution in [3.05, 3.63) is 29.5 Å². The number of aromatic nitrogens is 1. The van der Waals surface area contributed by atoms with Crippen LogP contribution < -0.4 is 11.1 Å². The number of fused-ring (bicyclic) bond motifs is 1. The van der Waals surface area contributed by atoms with Gasteiger partial charge in [0.15, 0.2) is 5.60 Å². The molecule has 0 bridgehead atoms. The van der Waals surface area contributed by atoms with Gasteiger partial charge in [0.05, 0.1) is 18.8 Å². The van der Waals surface area contributed by atoms with E-state index >= 15 is 0 Å². The third kappa shape index (κ3) is 5.50. The largest absolute Gasteiger partial charge is 0.438 e. The van der Waals surface area contributed by atoms with Gasteiger partial charge in [-0.05, 0) is 44.6 Å². The van der Waals surface area contributed by atoms with Crippen LogP contribution in [0, 0.1) is 11.8 Å². The van der Waals surface area contributed by atoms with E-state index in [0.29, 0.717) is 31.1 Å². The number of rotatable bonds is 5. The molecule has 0 aromatic carbocycles. The van der Waals surface area contributed by atoms with Crippen molar-refractivity contribution in [3.63, 3.8) is 0 Å². The Morgan fingerprint density at radius 1 is 1.37 bits per heavy atom. The molecule has 2 saturated heterocycles. The van der Waals surface area contributed by atoms with Gasteiger partial charge in [-0.2, -0.15) is 0 Å². The molecule has 164 valence electrons. The first-order chi connectivity index (χ1) is 14.3. The normalized spacial score (nSPS) is 23.1. The van der Waals surface area contributed by atoms with E-state index in [1.807, 2.05) is 37.8 Å². The molecule has 0 spiro atoms. The number of ether oxygens (including phenoxy) is 2. The van der Waals surface area contributed by atoms with Crippen LogP contribution in [0.5, 0.6) is 0 Å². The fraction of sp³-hybridized carbons (Fsp3) is 0.591. The Kier molecular flexibility index (Phi) is 6.97. The monoisotopic (exact) mass is 416 g/mol. The van der Waals surface area contributed by atoms with E-state index in [9.17, 15) is 9.59 Å². The Hall–Kier alpha value is -2.61. The van der Waals surface area contributed by atoms with Crippen molar-refractivity contribution >= 4 is 23.9 Å². The topological polar surface area (TPSA) is 107 Å². The van der Waals surface area contributed by atoms with Gasteiger partial charge in [-0.1, -0.05) is 19.1 Å². The molecule has 3 N–H and O–H groups in total. The van der Waals surface area contributed by atoms with Crippen molar-refractivity contribution in [2.24, 2.45) is 11.8 Å². The lowest BCUT2D eigenvalue weighted by molar-refractivity contribution is -0.171. The highest BCUT2D eigenvalue weighted by Crippen LogP contribution is 2.45. The predicted octanol–water partition coefficient (Wildman–Crippen LogP) is 2.70. The highest BCUT2D eigenvalue weighted by molar-refractivity contribution is 5.94. The van der Waals surface area contributed by atoms with Gasteiger partial charge in [-0.25, -0.2) is 9.78 Å². The fourth-order valence-corrected chi connectivity index (χ4v) is 3.53. The molecule has 0 radical (unpaired) electrons. The standard InChI is InChI=1S/C12H17N3O.C10H15NO3/c1-3-5-6-9-7-10(8-15-11(9)13)12(16)14-4-2;1-10(5-13-6-10)14-9(12)11-3-7-2-8(7)4-11/h5-8H,3-4H2,1-2H3,(H2,13,15)(H,14,16);7-8H,2-6H2,1H3/b6-5+;. The molecule has 4 rings (SSSR count). The fourth-order valence-electron chi connectivity index (χ4n) is 3.53. The maximum atomic E-state index is 11.7. The molecule has 30 heavy (non-hydrogen) atoms. The van der Waals surface area contributed by atoms with Gasteiger partial charge in [-0.15, -0.1) is 0 Å². The zero-order valence-corrected chi connectivity index (χ0v) is 18.0. The second kappa shape index (κ2) is 9.47. The zero-order valence-electron chi connectivity index (χ0n) is 18.0. The second-order valence-corrected chi connectivity index (χ2v) is 8.34. The first-order valence-corrected chi connectivity index (χ1v) is 10.6. The second-order valence-electron chi connectivity index (χ2n) is 8.34. The van der Waals surface area contributed by atoms with Gasteiger partial charge in [0.25, 0.3) is 5.91 Å². The Labute approximate surface area is 177 Å². The summed E-state index contributed by atoms with van der Waals surface area (Å²) in [7, 11) is 0. The van der Waals surface area contributed by atoms with Crippen LogP contribution in [0.2, 0.25) is 0 Å². The summed E-state index contributed by atoms with van der Waals surface area (Å²) in [6, 6.07) is 1.75. The van der Waals surface area contributed by atoms with E-state index in [0.717, 1.165) is 36.9 Å². The molecular formula is C22H32N4O4. The molecule has 8 heteroatoms. The number of likely N-dealkylation sites (tertiary alicyclic amines) is 1. The predicted molar refractivity (Wildman–Crippen MR) is 115 cm³/mol. The molecule has 2 atom stereocenters. The molecule has 2 amide bonds. The van der Waals surface area contributed by atoms with Crippen molar-refractivity contribution in [1.82, 2.24) is 15.2 Å². The highest BCUT2D eigenvalue weighted by Gasteiger charge is 2.48. The summed E-state index contributed by atoms with van der Waals surface area (Å²) in [5.41, 5.74) is 6.67. The maximum Gasteiger partial charge on any atom is 0.410 e. The molecule has 2 unspecified atom stereocenters. The number of piperidine rings is 1. The van der Waals surface area contributed by atoms with Crippen LogP contribution in [0.25, 0.3) is 6.08 Å². The lowest BCUT2D eigenvalue weighted by Crippen LogP contribution is -2.52. The summed E-state index contributed by atoms with van der Waals surface area (Å²) < 4.78 is 10.4. The molecule has 1 aromatic rings. The average Bonchev–Trinajstić information content (AvgIpc) is 3.31. The van der Waals surface area contributed by atoms with Gasteiger partial charge in [0.1, 0.15) is 5.82 Å². The number of carbonyl (C=O) groups is 2. The Balaban J connectivity index is 0.000000171. The number of allylic oxidation sites excluding steroid dienone is 1. The van der Waals surface area contributed by atoms with Crippen LogP contribution in [0.1, 0.15) is 49.5 Å². The maximum absolute atomic E-state index is 11.7. The SMILES string of the molecule is CC/C=C/c1cc(C(=O)NCC)cnc1N.CC1(OC(=O)N2CC3CC3C2)COC1. The number of nitrogens with one attached hydrogen (secondary N) is 1. The summed E-state index contributed by atoms with van der Waals surface area (Å²) in [6.45, 7) is 9.32. The molecule has 3 fully saturated rings. The molecule has 1 saturated carbocycles. The third-order valence-electron chi connectivity index (χ3n) is 5.47. The molecule has 3 heterocycles. The first kappa shape index (κ1) is 22.1. The van der Waals surface area contributed by atoms with Crippen LogP contribution in [-0.4, -0.2) is 60.3 Å². The van der Waals surface area contributed by atoms with Crippen molar-refractivity contribution in [1.29, 1.82) is 0 Å². The molecule has 1 aliphatic carbocycles. The van der Waals surface area contributed by atoms with E-state index in [4.69, 9.17) is 15.2 Å². The van der Waals surface area contributed by atoms with Gasteiger partial charge in [0.2, 0.25) is 0 Å². The van der Waals surface area contributed by atoms with Gasteiger partial charge < -0.3 is 25.4 Å². The van der Waals surface area contributed by atoms with E-state index in [2.05, 4.69) is 10.3 Å². The number of anilines is 1. The van der Waals surface area contributed by atoms with Gasteiger partial charge in [0, 0.05) is 31.4 Å². The van der Waals surface area contributed by atoms with Gasteiger partial charge in [-0.3, -0.25) is 4.79 Å². The third-order valence-corrected chi connectivity index (χ3v) is 5.47. The minimum absolute atomic E-state index is 0.124. The smallest absolute Gasteiger partial charge is 0.410 e. The number of pyridine rings is 1. The zero-order chi connectivity index (χ0) is 21.7. The highest BCUT2D eigenvalue weighted by atomic mass is 16.6. The summed E-state index contributed by atoms with van der Waals surface area (Å²) in [5.74, 6) is 1.86. The Bertz CT molecular complexity index is 796. The van der Waals surface area contributed by atoms with Crippen LogP contribution >= 0.6 is 0 Å². The van der Waals surface area contributed by atoms with E-state index in [-0.39, 0.29) is 17.6 Å². The van der Waals surface area contributed by atoms with Crippen molar-refractivity contribution < 1.29 is 19.1 Å². The molecule has 2 aliphatic heterocycles. The van der Waals surface area contributed by atoms with Crippen molar-refractivity contribution in [2.45, 2.75) is 39.2 Å². The molecule has 1 aromatic heterocycles. The van der Waals surface area contributed by atoms with E-state index in [1.54, 1.807) is 6.07 Å². The number of nitrogens with two attached hydrogens (primary N) is 1. The molecule has 3 aliphatic rings. The number of hydrogen-bond acceptors (Lipinski definition) is 6. The van der Waals surface area contributed by atoms with Gasteiger partial charge >= 0.3 is 6.09 Å². The van der Waals surface area contributed by atoms with Crippen molar-refractivity contribution in [2.75, 3.05) is 38.6 Å². The van der Waals surface area contributed by atoms with Crippen LogP contribution in [0.15, 0.2) is 18.3 Å². The lowest BCUT2D eigenvalue weighted by Gasteiger charge is -2.38. The summed E-state index contributed by atoms with van der Waals surface area (Å²) in [6.07, 6.45) is 7.43. The summed E-state index contributed by atoms with van der Waals surface area (Å²) >= 11 is 0. The number of nitrogens with zero attached hydrogens (tertiary/aromatic N) is 2. The van der Waals surface area contributed by atoms with E-state index in [1.165, 1.54) is 12.6 Å². The van der Waals surface area contributed by atoms with Crippen LogP contribution in [0.4, 0.5) is 10.6 Å². The quantitative estimate of drug-likeness (QED) is 0.764. The minimum Gasteiger partial charge on any atom is -0.438 e. The van der Waals surface area contributed by atoms with Crippen LogP contribution in [0.3, 0.4) is 0 Å². The Morgan fingerprint density at radius 3 is 2.63 bits per heavy atom. The molecular weight excluding hydrogens is 384 g/mol. The first-order valence-electron chi connectivity index (χ1n) is 10.6. The summed E-state index contributed by atoms with van der Waals surface area (Å²) in [4.78, 5) is 29.1. The van der Waals surface area contributed by atoms with E-state index < -0.39 is 0 Å². The van der Waals surface area contributed by atoms with Crippen LogP contribution in [-0.2, 0) is 9.47 Å². The number of hydrogen-bond donors (Lipinski definition) is 2. The van der Waals surface area contributed by atoms with Crippen molar-refractivity contribution in [3.8, 4) is 0 Å².